The molecule has 1 aliphatic carbocycles. The third-order valence-corrected chi connectivity index (χ3v) is 5.53. The molecule has 0 aromatic heterocycles. The fourth-order valence-electron chi connectivity index (χ4n) is 3.81. The van der Waals surface area contributed by atoms with E-state index in [1.165, 1.54) is 0 Å². The minimum atomic E-state index is -0.686. The van der Waals surface area contributed by atoms with Crippen molar-refractivity contribution >= 4 is 23.4 Å². The number of nitrogens with zero attached hydrogens (tertiary/aromatic N) is 1. The zero-order valence-corrected chi connectivity index (χ0v) is 17.6. The van der Waals surface area contributed by atoms with E-state index in [1.807, 2.05) is 24.3 Å². The zero-order valence-electron chi connectivity index (χ0n) is 17.6. The van der Waals surface area contributed by atoms with Gasteiger partial charge in [0.1, 0.15) is 11.8 Å². The molecule has 1 heterocycles. The molecule has 1 unspecified atom stereocenters. The topological polar surface area (TPSA) is 87.7 Å². The number of ether oxygens (including phenoxy) is 1. The summed E-state index contributed by atoms with van der Waals surface area (Å²) in [5, 5.41) is 5.50. The largest absolute Gasteiger partial charge is 0.491 e. The SMILES string of the molecule is CCCCOc1ccccc1NC(=O)CNC(=O)C1c2ccccc2C(=O)N1C1CC1. The summed E-state index contributed by atoms with van der Waals surface area (Å²) in [4.78, 5) is 39.9. The number of hydrogen-bond donors (Lipinski definition) is 2. The average molecular weight is 421 g/mol. The highest BCUT2D eigenvalue weighted by atomic mass is 16.5. The van der Waals surface area contributed by atoms with Crippen LogP contribution in [0.5, 0.6) is 5.75 Å². The first-order chi connectivity index (χ1) is 15.1. The Labute approximate surface area is 181 Å². The normalized spacial score (nSPS) is 17.3. The number of unbranched alkanes of at least 4 members (excludes halogenated alkanes) is 1. The average Bonchev–Trinajstić information content (AvgIpc) is 3.57. The molecular formula is C24H27N3O4. The molecular weight excluding hydrogens is 394 g/mol. The lowest BCUT2D eigenvalue weighted by Gasteiger charge is -2.24. The second kappa shape index (κ2) is 9.20. The third-order valence-electron chi connectivity index (χ3n) is 5.53. The van der Waals surface area contributed by atoms with E-state index < -0.39 is 6.04 Å². The molecule has 7 heteroatoms. The molecule has 31 heavy (non-hydrogen) atoms. The molecule has 1 saturated carbocycles. The van der Waals surface area contributed by atoms with Crippen LogP contribution < -0.4 is 15.4 Å². The Morgan fingerprint density at radius 2 is 1.84 bits per heavy atom. The number of carbonyl (C=O) groups excluding carboxylic acids is 3. The summed E-state index contributed by atoms with van der Waals surface area (Å²) in [6.45, 7) is 2.47. The van der Waals surface area contributed by atoms with E-state index in [0.717, 1.165) is 25.7 Å². The summed E-state index contributed by atoms with van der Waals surface area (Å²) in [6.07, 6.45) is 3.75. The highest BCUT2D eigenvalue weighted by Crippen LogP contribution is 2.41. The Morgan fingerprint density at radius 1 is 1.10 bits per heavy atom. The van der Waals surface area contributed by atoms with Crippen molar-refractivity contribution in [3.63, 3.8) is 0 Å². The van der Waals surface area contributed by atoms with Gasteiger partial charge in [-0.3, -0.25) is 14.4 Å². The van der Waals surface area contributed by atoms with Crippen LogP contribution in [0.15, 0.2) is 48.5 Å². The van der Waals surface area contributed by atoms with Crippen LogP contribution >= 0.6 is 0 Å². The van der Waals surface area contributed by atoms with Gasteiger partial charge >= 0.3 is 0 Å². The van der Waals surface area contributed by atoms with E-state index >= 15 is 0 Å². The number of rotatable bonds is 9. The van der Waals surface area contributed by atoms with Crippen molar-refractivity contribution in [2.75, 3.05) is 18.5 Å². The summed E-state index contributed by atoms with van der Waals surface area (Å²) in [5.41, 5.74) is 1.84. The molecule has 0 saturated heterocycles. The van der Waals surface area contributed by atoms with Crippen molar-refractivity contribution in [2.24, 2.45) is 0 Å². The molecule has 1 aliphatic heterocycles. The van der Waals surface area contributed by atoms with Gasteiger partial charge in [-0.05, 0) is 43.0 Å². The van der Waals surface area contributed by atoms with Gasteiger partial charge in [0, 0.05) is 11.6 Å². The van der Waals surface area contributed by atoms with Gasteiger partial charge in [0.15, 0.2) is 0 Å². The van der Waals surface area contributed by atoms with E-state index in [9.17, 15) is 14.4 Å². The molecule has 2 aromatic rings. The lowest BCUT2D eigenvalue weighted by molar-refractivity contribution is -0.127. The van der Waals surface area contributed by atoms with Gasteiger partial charge in [0.25, 0.3) is 5.91 Å². The summed E-state index contributed by atoms with van der Waals surface area (Å²) in [7, 11) is 0. The predicted molar refractivity (Wildman–Crippen MR) is 117 cm³/mol. The highest BCUT2D eigenvalue weighted by Gasteiger charge is 2.47. The quantitative estimate of drug-likeness (QED) is 0.609. The smallest absolute Gasteiger partial charge is 0.255 e. The zero-order chi connectivity index (χ0) is 21.8. The Bertz CT molecular complexity index is 986. The number of carbonyl (C=O) groups is 3. The van der Waals surface area contributed by atoms with Crippen LogP contribution in [0.25, 0.3) is 0 Å². The maximum Gasteiger partial charge on any atom is 0.255 e. The fourth-order valence-corrected chi connectivity index (χ4v) is 3.81. The first-order valence-corrected chi connectivity index (χ1v) is 10.8. The summed E-state index contributed by atoms with van der Waals surface area (Å²) in [5.74, 6) is -0.199. The monoisotopic (exact) mass is 421 g/mol. The van der Waals surface area contributed by atoms with Gasteiger partial charge < -0.3 is 20.3 Å². The first kappa shape index (κ1) is 20.9. The van der Waals surface area contributed by atoms with Gasteiger partial charge in [-0.1, -0.05) is 43.7 Å². The molecule has 0 spiro atoms. The summed E-state index contributed by atoms with van der Waals surface area (Å²) >= 11 is 0. The van der Waals surface area contributed by atoms with Crippen molar-refractivity contribution in [1.82, 2.24) is 10.2 Å². The van der Waals surface area contributed by atoms with Crippen LogP contribution in [0, 0.1) is 0 Å². The minimum absolute atomic E-state index is 0.0941. The lowest BCUT2D eigenvalue weighted by atomic mass is 10.0. The maximum atomic E-state index is 13.0. The van der Waals surface area contributed by atoms with Crippen LogP contribution in [0.1, 0.15) is 54.6 Å². The molecule has 2 N–H and O–H groups in total. The maximum absolute atomic E-state index is 13.0. The second-order valence-electron chi connectivity index (χ2n) is 7.90. The minimum Gasteiger partial charge on any atom is -0.491 e. The Morgan fingerprint density at radius 3 is 2.61 bits per heavy atom. The summed E-state index contributed by atoms with van der Waals surface area (Å²) < 4.78 is 5.74. The second-order valence-corrected chi connectivity index (χ2v) is 7.90. The number of para-hydroxylation sites is 2. The Hall–Kier alpha value is -3.35. The standard InChI is InChI=1S/C24H27N3O4/c1-2-3-14-31-20-11-7-6-10-19(20)26-21(28)15-25-23(29)22-17-8-4-5-9-18(17)24(30)27(22)16-12-13-16/h4-11,16,22H,2-3,12-15H2,1H3,(H,25,29)(H,26,28). The molecule has 162 valence electrons. The van der Waals surface area contributed by atoms with Crippen LogP contribution in [0.4, 0.5) is 5.69 Å². The van der Waals surface area contributed by atoms with Gasteiger partial charge in [-0.2, -0.15) is 0 Å². The van der Waals surface area contributed by atoms with E-state index in [2.05, 4.69) is 17.6 Å². The van der Waals surface area contributed by atoms with Crippen molar-refractivity contribution in [2.45, 2.75) is 44.7 Å². The molecule has 0 radical (unpaired) electrons. The molecule has 4 rings (SSSR count). The number of amides is 3. The highest BCUT2D eigenvalue weighted by molar-refractivity contribution is 6.05. The molecule has 0 bridgehead atoms. The van der Waals surface area contributed by atoms with Gasteiger partial charge in [0.2, 0.25) is 11.8 Å². The molecule has 3 amide bonds. The van der Waals surface area contributed by atoms with Crippen LogP contribution in [-0.2, 0) is 9.59 Å². The van der Waals surface area contributed by atoms with Gasteiger partial charge in [-0.15, -0.1) is 0 Å². The van der Waals surface area contributed by atoms with Gasteiger partial charge in [0.05, 0.1) is 18.8 Å². The van der Waals surface area contributed by atoms with Crippen molar-refractivity contribution < 1.29 is 19.1 Å². The van der Waals surface area contributed by atoms with Crippen LogP contribution in [0.2, 0.25) is 0 Å². The molecule has 1 atom stereocenters. The van der Waals surface area contributed by atoms with E-state index in [-0.39, 0.29) is 30.3 Å². The Balaban J connectivity index is 1.39. The van der Waals surface area contributed by atoms with Gasteiger partial charge in [-0.25, -0.2) is 0 Å². The van der Waals surface area contributed by atoms with Crippen LogP contribution in [-0.4, -0.2) is 41.8 Å². The number of nitrogens with one attached hydrogen (secondary N) is 2. The van der Waals surface area contributed by atoms with E-state index in [1.54, 1.807) is 29.2 Å². The fraction of sp³-hybridized carbons (Fsp3) is 0.375. The first-order valence-electron chi connectivity index (χ1n) is 10.8. The molecule has 2 aliphatic rings. The molecule has 2 aromatic carbocycles. The number of hydrogen-bond acceptors (Lipinski definition) is 4. The Kier molecular flexibility index (Phi) is 6.21. The third kappa shape index (κ3) is 4.55. The number of anilines is 1. The van der Waals surface area contributed by atoms with Crippen molar-refractivity contribution in [3.8, 4) is 5.75 Å². The van der Waals surface area contributed by atoms with E-state index in [0.29, 0.717) is 29.2 Å². The number of fused-ring (bicyclic) bond motifs is 1. The lowest BCUT2D eigenvalue weighted by Crippen LogP contribution is -2.42. The van der Waals surface area contributed by atoms with E-state index in [4.69, 9.17) is 4.74 Å². The number of benzene rings is 2. The predicted octanol–water partition coefficient (Wildman–Crippen LogP) is 3.28. The molecule has 7 nitrogen and oxygen atoms in total. The van der Waals surface area contributed by atoms with Crippen molar-refractivity contribution in [1.29, 1.82) is 0 Å². The van der Waals surface area contributed by atoms with Crippen molar-refractivity contribution in [3.05, 3.63) is 59.7 Å². The molecule has 1 fully saturated rings. The summed E-state index contributed by atoms with van der Waals surface area (Å²) in [6, 6.07) is 13.8. The van der Waals surface area contributed by atoms with Crippen LogP contribution in [0.3, 0.4) is 0 Å².